The normalized spacial score (nSPS) is 34.1. The van der Waals surface area contributed by atoms with Crippen LogP contribution in [0.1, 0.15) is 43.2 Å². The Hall–Kier alpha value is -1.26. The second-order valence-electron chi connectivity index (χ2n) is 9.48. The Morgan fingerprint density at radius 1 is 1.00 bits per heavy atom. The molecule has 2 saturated heterocycles. The van der Waals surface area contributed by atoms with Crippen LogP contribution in [-0.4, -0.2) is 69.8 Å². The Labute approximate surface area is 164 Å². The molecule has 3 fully saturated rings. The number of rotatable bonds is 2. The summed E-state index contributed by atoms with van der Waals surface area (Å²) in [7, 11) is 6.44. The molecule has 2 aliphatic carbocycles. The highest BCUT2D eigenvalue weighted by Crippen LogP contribution is 2.56. The molecule has 2 bridgehead atoms. The third-order valence-electron chi connectivity index (χ3n) is 8.25. The van der Waals surface area contributed by atoms with Crippen molar-refractivity contribution in [3.8, 4) is 5.75 Å². The van der Waals surface area contributed by atoms with E-state index in [0.717, 1.165) is 43.9 Å². The smallest absolute Gasteiger partial charge is 0.142 e. The molecule has 0 aromatic heterocycles. The van der Waals surface area contributed by atoms with E-state index in [1.165, 1.54) is 50.8 Å². The van der Waals surface area contributed by atoms with E-state index >= 15 is 0 Å². The molecule has 148 valence electrons. The van der Waals surface area contributed by atoms with Crippen LogP contribution in [0.4, 0.5) is 5.69 Å². The lowest BCUT2D eigenvalue weighted by atomic mass is 9.52. The fraction of sp³-hybridized carbons (Fsp3) is 0.739. The van der Waals surface area contributed by atoms with Gasteiger partial charge >= 0.3 is 0 Å². The molecule has 1 aromatic carbocycles. The lowest BCUT2D eigenvalue weighted by Crippen LogP contribution is -2.59. The van der Waals surface area contributed by atoms with Crippen molar-refractivity contribution >= 4 is 5.69 Å². The molecular formula is C23H35N3O. The minimum Gasteiger partial charge on any atom is -0.495 e. The highest BCUT2D eigenvalue weighted by Gasteiger charge is 2.53. The van der Waals surface area contributed by atoms with E-state index in [1.54, 1.807) is 11.1 Å². The first-order chi connectivity index (χ1) is 13.1. The number of anilines is 1. The van der Waals surface area contributed by atoms with Crippen LogP contribution in [-0.2, 0) is 11.8 Å². The van der Waals surface area contributed by atoms with Gasteiger partial charge in [0.1, 0.15) is 5.75 Å². The summed E-state index contributed by atoms with van der Waals surface area (Å²) in [5.74, 6) is 1.95. The number of ether oxygens (including phenoxy) is 1. The maximum absolute atomic E-state index is 5.96. The molecule has 0 amide bonds. The number of hydrogen-bond donors (Lipinski definition) is 0. The minimum atomic E-state index is 0.414. The molecule has 4 nitrogen and oxygen atoms in total. The summed E-state index contributed by atoms with van der Waals surface area (Å²) in [5.41, 5.74) is 5.00. The first-order valence-corrected chi connectivity index (χ1v) is 11.0. The molecule has 0 spiro atoms. The summed E-state index contributed by atoms with van der Waals surface area (Å²) in [4.78, 5) is 7.63. The number of methoxy groups -OCH3 is 1. The zero-order chi connectivity index (χ0) is 18.6. The maximum atomic E-state index is 5.96. The molecule has 0 unspecified atom stereocenters. The molecule has 1 aromatic rings. The molecule has 27 heavy (non-hydrogen) atoms. The SMILES string of the molecule is COc1cc2c(cc1N1CCN(C)CC1)C[C@@H]1[C@H]3CCCC[C@]23CCN1C. The zero-order valence-corrected chi connectivity index (χ0v) is 17.3. The number of benzene rings is 1. The topological polar surface area (TPSA) is 19.0 Å². The lowest BCUT2D eigenvalue weighted by molar-refractivity contribution is 0.00275. The molecule has 0 radical (unpaired) electrons. The second-order valence-corrected chi connectivity index (χ2v) is 9.48. The van der Waals surface area contributed by atoms with Crippen LogP contribution in [0.5, 0.6) is 5.75 Å². The molecule has 4 aliphatic rings. The van der Waals surface area contributed by atoms with Crippen molar-refractivity contribution in [2.75, 3.05) is 58.8 Å². The van der Waals surface area contributed by atoms with Gasteiger partial charge in [0.25, 0.3) is 0 Å². The van der Waals surface area contributed by atoms with Gasteiger partial charge in [-0.05, 0) is 75.5 Å². The monoisotopic (exact) mass is 369 g/mol. The Morgan fingerprint density at radius 3 is 2.59 bits per heavy atom. The number of nitrogens with zero attached hydrogens (tertiary/aromatic N) is 3. The van der Waals surface area contributed by atoms with Crippen LogP contribution in [0.3, 0.4) is 0 Å². The fourth-order valence-electron chi connectivity index (χ4n) is 6.68. The van der Waals surface area contributed by atoms with Gasteiger partial charge in [0, 0.05) is 37.6 Å². The molecule has 0 N–H and O–H groups in total. The number of hydrogen-bond acceptors (Lipinski definition) is 4. The van der Waals surface area contributed by atoms with E-state index in [0.29, 0.717) is 5.41 Å². The summed E-state index contributed by atoms with van der Waals surface area (Å²) in [6.07, 6.45) is 8.16. The summed E-state index contributed by atoms with van der Waals surface area (Å²) in [5, 5.41) is 0. The quantitative estimate of drug-likeness (QED) is 0.797. The van der Waals surface area contributed by atoms with E-state index in [2.05, 4.69) is 40.9 Å². The Bertz CT molecular complexity index is 712. The first-order valence-electron chi connectivity index (χ1n) is 11.0. The van der Waals surface area contributed by atoms with Crippen LogP contribution in [0, 0.1) is 5.92 Å². The fourth-order valence-corrected chi connectivity index (χ4v) is 6.68. The van der Waals surface area contributed by atoms with Gasteiger partial charge < -0.3 is 19.4 Å². The van der Waals surface area contributed by atoms with Crippen molar-refractivity contribution in [1.29, 1.82) is 0 Å². The average molecular weight is 370 g/mol. The Morgan fingerprint density at radius 2 is 1.81 bits per heavy atom. The predicted octanol–water partition coefficient (Wildman–Crippen LogP) is 3.14. The van der Waals surface area contributed by atoms with Crippen LogP contribution >= 0.6 is 0 Å². The van der Waals surface area contributed by atoms with Gasteiger partial charge in [-0.25, -0.2) is 0 Å². The van der Waals surface area contributed by atoms with Gasteiger partial charge in [0.2, 0.25) is 0 Å². The van der Waals surface area contributed by atoms with E-state index in [4.69, 9.17) is 4.74 Å². The molecule has 4 heteroatoms. The van der Waals surface area contributed by atoms with Crippen molar-refractivity contribution < 1.29 is 4.74 Å². The third-order valence-corrected chi connectivity index (χ3v) is 8.25. The third kappa shape index (κ3) is 2.71. The van der Waals surface area contributed by atoms with Gasteiger partial charge in [0.15, 0.2) is 0 Å². The van der Waals surface area contributed by atoms with Crippen molar-refractivity contribution in [2.24, 2.45) is 5.92 Å². The van der Waals surface area contributed by atoms with Gasteiger partial charge in [0.05, 0.1) is 12.8 Å². The average Bonchev–Trinajstić information content (AvgIpc) is 2.70. The number of likely N-dealkylation sites (tertiary alicyclic amines) is 1. The standard InChI is InChI=1S/C23H35N3O/c1-24-10-12-26(13-11-24)21-15-17-14-20-18-6-4-5-7-23(18,8-9-25(20)2)19(17)16-22(21)27-3/h15-16,18,20H,4-14H2,1-3H3/t18-,20-,23-/m1/s1. The van der Waals surface area contributed by atoms with Gasteiger partial charge in [-0.15, -0.1) is 0 Å². The summed E-state index contributed by atoms with van der Waals surface area (Å²) >= 11 is 0. The number of likely N-dealkylation sites (N-methyl/N-ethyl adjacent to an activating group) is 2. The maximum Gasteiger partial charge on any atom is 0.142 e. The van der Waals surface area contributed by atoms with Crippen molar-refractivity contribution in [3.63, 3.8) is 0 Å². The molecule has 5 rings (SSSR count). The molecule has 1 saturated carbocycles. The number of fused-ring (bicyclic) bond motifs is 1. The molecule has 2 aliphatic heterocycles. The number of piperazine rings is 1. The van der Waals surface area contributed by atoms with Crippen LogP contribution in [0.2, 0.25) is 0 Å². The van der Waals surface area contributed by atoms with E-state index in [-0.39, 0.29) is 0 Å². The Kier molecular flexibility index (Phi) is 4.40. The summed E-state index contributed by atoms with van der Waals surface area (Å²) < 4.78 is 5.96. The predicted molar refractivity (Wildman–Crippen MR) is 111 cm³/mol. The van der Waals surface area contributed by atoms with E-state index in [9.17, 15) is 0 Å². The lowest BCUT2D eigenvalue weighted by Gasteiger charge is -2.58. The van der Waals surface area contributed by atoms with Crippen LogP contribution in [0.15, 0.2) is 12.1 Å². The minimum absolute atomic E-state index is 0.414. The van der Waals surface area contributed by atoms with Gasteiger partial charge in [-0.3, -0.25) is 0 Å². The van der Waals surface area contributed by atoms with Crippen LogP contribution < -0.4 is 9.64 Å². The largest absolute Gasteiger partial charge is 0.495 e. The highest BCUT2D eigenvalue weighted by molar-refractivity contribution is 5.64. The van der Waals surface area contributed by atoms with Crippen molar-refractivity contribution in [2.45, 2.75) is 50.0 Å². The van der Waals surface area contributed by atoms with Crippen molar-refractivity contribution in [1.82, 2.24) is 9.80 Å². The van der Waals surface area contributed by atoms with E-state index in [1.807, 2.05) is 7.11 Å². The van der Waals surface area contributed by atoms with Crippen LogP contribution in [0.25, 0.3) is 0 Å². The van der Waals surface area contributed by atoms with E-state index < -0.39 is 0 Å². The molecule has 3 atom stereocenters. The summed E-state index contributed by atoms with van der Waals surface area (Å²) in [6, 6.07) is 5.71. The highest BCUT2D eigenvalue weighted by atomic mass is 16.5. The first kappa shape index (κ1) is 17.8. The van der Waals surface area contributed by atoms with Gasteiger partial charge in [-0.1, -0.05) is 12.8 Å². The Balaban J connectivity index is 1.59. The number of piperidine rings is 1. The van der Waals surface area contributed by atoms with Gasteiger partial charge in [-0.2, -0.15) is 0 Å². The molecular weight excluding hydrogens is 334 g/mol. The second kappa shape index (κ2) is 6.66. The molecule has 2 heterocycles. The van der Waals surface area contributed by atoms with Crippen molar-refractivity contribution in [3.05, 3.63) is 23.3 Å². The summed E-state index contributed by atoms with van der Waals surface area (Å²) in [6.45, 7) is 5.73. The zero-order valence-electron chi connectivity index (χ0n) is 17.3.